The highest BCUT2D eigenvalue weighted by Crippen LogP contribution is 2.25. The van der Waals surface area contributed by atoms with Crippen molar-refractivity contribution in [3.63, 3.8) is 0 Å². The third-order valence-corrected chi connectivity index (χ3v) is 4.51. The van der Waals surface area contributed by atoms with Gasteiger partial charge < -0.3 is 15.3 Å². The lowest BCUT2D eigenvalue weighted by Gasteiger charge is -2.34. The summed E-state index contributed by atoms with van der Waals surface area (Å²) in [6.07, 6.45) is 2.61. The van der Waals surface area contributed by atoms with Crippen molar-refractivity contribution in [2.24, 2.45) is 0 Å². The predicted molar refractivity (Wildman–Crippen MR) is 89.4 cm³/mol. The number of hydrogen-bond acceptors (Lipinski definition) is 4. The summed E-state index contributed by atoms with van der Waals surface area (Å²) < 4.78 is 0. The predicted octanol–water partition coefficient (Wildman–Crippen LogP) is 1.65. The van der Waals surface area contributed by atoms with E-state index in [0.29, 0.717) is 0 Å². The number of nitrogens with zero attached hydrogens (tertiary/aromatic N) is 2. The van der Waals surface area contributed by atoms with E-state index in [0.717, 1.165) is 26.2 Å². The molecule has 0 aliphatic carbocycles. The number of aliphatic hydroxyl groups is 1. The van der Waals surface area contributed by atoms with Crippen LogP contribution < -0.4 is 10.2 Å². The van der Waals surface area contributed by atoms with Crippen LogP contribution in [0.3, 0.4) is 0 Å². The SMILES string of the molecule is Cl.OC[C@H](c1ccc(N2CCCC2)cc1)N1CCNCC1. The minimum Gasteiger partial charge on any atom is -0.394 e. The molecular formula is C16H26ClN3O. The van der Waals surface area contributed by atoms with Crippen LogP contribution in [0, 0.1) is 0 Å². The average Bonchev–Trinajstić information content (AvgIpc) is 3.04. The van der Waals surface area contributed by atoms with Crippen LogP contribution >= 0.6 is 12.4 Å². The van der Waals surface area contributed by atoms with Crippen molar-refractivity contribution in [3.8, 4) is 0 Å². The maximum absolute atomic E-state index is 9.74. The van der Waals surface area contributed by atoms with Crippen molar-refractivity contribution in [2.45, 2.75) is 18.9 Å². The summed E-state index contributed by atoms with van der Waals surface area (Å²) in [5.41, 5.74) is 2.56. The molecular weight excluding hydrogens is 286 g/mol. The number of hydrogen-bond donors (Lipinski definition) is 2. The number of benzene rings is 1. The summed E-state index contributed by atoms with van der Waals surface area (Å²) in [6, 6.07) is 8.95. The first-order chi connectivity index (χ1) is 9.88. The van der Waals surface area contributed by atoms with E-state index >= 15 is 0 Å². The lowest BCUT2D eigenvalue weighted by molar-refractivity contribution is 0.111. The normalized spacial score (nSPS) is 21.1. The van der Waals surface area contributed by atoms with E-state index in [-0.39, 0.29) is 25.1 Å². The number of rotatable bonds is 4. The maximum Gasteiger partial charge on any atom is 0.0628 e. The molecule has 21 heavy (non-hydrogen) atoms. The van der Waals surface area contributed by atoms with Crippen LogP contribution in [0.15, 0.2) is 24.3 Å². The first-order valence-corrected chi connectivity index (χ1v) is 7.79. The molecule has 3 rings (SSSR count). The van der Waals surface area contributed by atoms with Crippen molar-refractivity contribution in [3.05, 3.63) is 29.8 Å². The zero-order valence-electron chi connectivity index (χ0n) is 12.5. The molecule has 0 unspecified atom stereocenters. The molecule has 5 heteroatoms. The maximum atomic E-state index is 9.74. The Balaban J connectivity index is 0.00000161. The van der Waals surface area contributed by atoms with Gasteiger partial charge in [-0.3, -0.25) is 4.90 Å². The van der Waals surface area contributed by atoms with E-state index in [2.05, 4.69) is 39.4 Å². The molecule has 1 aromatic rings. The Bertz CT molecular complexity index is 414. The zero-order valence-corrected chi connectivity index (χ0v) is 13.3. The first-order valence-electron chi connectivity index (χ1n) is 7.79. The molecule has 2 saturated heterocycles. The molecule has 0 saturated carbocycles. The van der Waals surface area contributed by atoms with Crippen molar-refractivity contribution in [2.75, 3.05) is 50.8 Å². The lowest BCUT2D eigenvalue weighted by atomic mass is 10.0. The molecule has 118 valence electrons. The number of nitrogens with one attached hydrogen (secondary N) is 1. The van der Waals surface area contributed by atoms with E-state index in [9.17, 15) is 5.11 Å². The highest BCUT2D eigenvalue weighted by atomic mass is 35.5. The van der Waals surface area contributed by atoms with E-state index in [1.165, 1.54) is 37.2 Å². The summed E-state index contributed by atoms with van der Waals surface area (Å²) in [7, 11) is 0. The molecule has 0 bridgehead atoms. The van der Waals surface area contributed by atoms with Gasteiger partial charge in [-0.2, -0.15) is 0 Å². The fraction of sp³-hybridized carbons (Fsp3) is 0.625. The molecule has 0 aromatic heterocycles. The Morgan fingerprint density at radius 1 is 1.00 bits per heavy atom. The van der Waals surface area contributed by atoms with Gasteiger partial charge in [-0.25, -0.2) is 0 Å². The molecule has 2 N–H and O–H groups in total. The smallest absolute Gasteiger partial charge is 0.0628 e. The number of aliphatic hydroxyl groups excluding tert-OH is 1. The summed E-state index contributed by atoms with van der Waals surface area (Å²) >= 11 is 0. The van der Waals surface area contributed by atoms with E-state index in [1.54, 1.807) is 0 Å². The first kappa shape index (κ1) is 16.6. The van der Waals surface area contributed by atoms with Gasteiger partial charge in [-0.1, -0.05) is 12.1 Å². The van der Waals surface area contributed by atoms with Crippen molar-refractivity contribution in [1.29, 1.82) is 0 Å². The van der Waals surface area contributed by atoms with Crippen molar-refractivity contribution < 1.29 is 5.11 Å². The minimum atomic E-state index is 0. The third-order valence-electron chi connectivity index (χ3n) is 4.51. The van der Waals surface area contributed by atoms with Gasteiger partial charge >= 0.3 is 0 Å². The van der Waals surface area contributed by atoms with Crippen LogP contribution in [0.25, 0.3) is 0 Å². The van der Waals surface area contributed by atoms with Gasteiger partial charge in [0.25, 0.3) is 0 Å². The number of halogens is 1. The number of piperazine rings is 1. The molecule has 0 radical (unpaired) electrons. The summed E-state index contributed by atoms with van der Waals surface area (Å²) in [4.78, 5) is 4.82. The lowest BCUT2D eigenvalue weighted by Crippen LogP contribution is -2.46. The van der Waals surface area contributed by atoms with Gasteiger partial charge in [-0.05, 0) is 30.5 Å². The molecule has 1 aromatic carbocycles. The van der Waals surface area contributed by atoms with Gasteiger partial charge in [-0.15, -0.1) is 12.4 Å². The molecule has 2 aliphatic heterocycles. The molecule has 2 aliphatic rings. The Morgan fingerprint density at radius 3 is 2.19 bits per heavy atom. The summed E-state index contributed by atoms with van der Waals surface area (Å²) in [5, 5.41) is 13.1. The monoisotopic (exact) mass is 311 g/mol. The summed E-state index contributed by atoms with van der Waals surface area (Å²) in [6.45, 7) is 6.62. The fourth-order valence-electron chi connectivity index (χ4n) is 3.31. The van der Waals surface area contributed by atoms with E-state index in [1.807, 2.05) is 0 Å². The Labute approximate surface area is 133 Å². The quantitative estimate of drug-likeness (QED) is 0.887. The van der Waals surface area contributed by atoms with Gasteiger partial charge in [0.1, 0.15) is 0 Å². The van der Waals surface area contributed by atoms with Crippen LogP contribution in [-0.4, -0.2) is 55.9 Å². The van der Waals surface area contributed by atoms with Gasteiger partial charge in [0.2, 0.25) is 0 Å². The molecule has 2 fully saturated rings. The number of anilines is 1. The molecule has 0 spiro atoms. The van der Waals surface area contributed by atoms with Crippen LogP contribution in [0.2, 0.25) is 0 Å². The molecule has 4 nitrogen and oxygen atoms in total. The third kappa shape index (κ3) is 3.89. The van der Waals surface area contributed by atoms with Crippen LogP contribution in [-0.2, 0) is 0 Å². The Kier molecular flexibility index (Phi) is 6.30. The van der Waals surface area contributed by atoms with Gasteiger partial charge in [0.15, 0.2) is 0 Å². The second-order valence-corrected chi connectivity index (χ2v) is 5.77. The van der Waals surface area contributed by atoms with Crippen LogP contribution in [0.5, 0.6) is 0 Å². The Hall–Kier alpha value is -0.810. The largest absolute Gasteiger partial charge is 0.394 e. The van der Waals surface area contributed by atoms with Crippen LogP contribution in [0.4, 0.5) is 5.69 Å². The van der Waals surface area contributed by atoms with Gasteiger partial charge in [0, 0.05) is 45.0 Å². The average molecular weight is 312 g/mol. The molecule has 0 amide bonds. The van der Waals surface area contributed by atoms with E-state index < -0.39 is 0 Å². The highest BCUT2D eigenvalue weighted by molar-refractivity contribution is 5.85. The highest BCUT2D eigenvalue weighted by Gasteiger charge is 2.21. The second-order valence-electron chi connectivity index (χ2n) is 5.77. The van der Waals surface area contributed by atoms with Crippen molar-refractivity contribution >= 4 is 18.1 Å². The standard InChI is InChI=1S/C16H25N3O.ClH/c20-13-16(19-11-7-17-8-12-19)14-3-5-15(6-4-14)18-9-1-2-10-18;/h3-6,16-17,20H,1-2,7-13H2;1H/t16-;/m1./s1. The minimum absolute atomic E-state index is 0. The fourth-order valence-corrected chi connectivity index (χ4v) is 3.31. The van der Waals surface area contributed by atoms with Crippen molar-refractivity contribution in [1.82, 2.24) is 10.2 Å². The summed E-state index contributed by atoms with van der Waals surface area (Å²) in [5.74, 6) is 0. The molecule has 2 heterocycles. The second kappa shape index (κ2) is 7.99. The van der Waals surface area contributed by atoms with E-state index in [4.69, 9.17) is 0 Å². The van der Waals surface area contributed by atoms with Gasteiger partial charge in [0.05, 0.1) is 12.6 Å². The molecule has 1 atom stereocenters. The topological polar surface area (TPSA) is 38.7 Å². The zero-order chi connectivity index (χ0) is 13.8. The van der Waals surface area contributed by atoms with Crippen LogP contribution in [0.1, 0.15) is 24.4 Å². The Morgan fingerprint density at radius 2 is 1.62 bits per heavy atom.